The van der Waals surface area contributed by atoms with Crippen LogP contribution in [0.3, 0.4) is 0 Å². The van der Waals surface area contributed by atoms with E-state index in [1.165, 1.54) is 24.3 Å². The van der Waals surface area contributed by atoms with Gasteiger partial charge in [0.1, 0.15) is 11.6 Å². The lowest BCUT2D eigenvalue weighted by Gasteiger charge is -2.04. The molecular formula is C14H16N4O4S. The number of carbonyl (C=O) groups excluding carboxylic acids is 2. The van der Waals surface area contributed by atoms with Gasteiger partial charge < -0.3 is 5.32 Å². The van der Waals surface area contributed by atoms with Crippen molar-refractivity contribution in [1.29, 1.82) is 5.26 Å². The Morgan fingerprint density at radius 1 is 1.30 bits per heavy atom. The Hall–Kier alpha value is -2.70. The fourth-order valence-electron chi connectivity index (χ4n) is 1.53. The van der Waals surface area contributed by atoms with Crippen LogP contribution in [0.25, 0.3) is 0 Å². The molecule has 122 valence electrons. The fraction of sp³-hybridized carbons (Fsp3) is 0.214. The van der Waals surface area contributed by atoms with E-state index in [2.05, 4.69) is 10.6 Å². The molecule has 4 N–H and O–H groups in total. The summed E-state index contributed by atoms with van der Waals surface area (Å²) in [5.41, 5.74) is 0.155. The first kappa shape index (κ1) is 18.3. The van der Waals surface area contributed by atoms with E-state index in [4.69, 9.17) is 10.4 Å². The van der Waals surface area contributed by atoms with Crippen LogP contribution in [0.1, 0.15) is 19.8 Å². The zero-order valence-corrected chi connectivity index (χ0v) is 13.2. The van der Waals surface area contributed by atoms with Crippen LogP contribution in [0.15, 0.2) is 40.9 Å². The topological polar surface area (TPSA) is 142 Å². The zero-order valence-electron chi connectivity index (χ0n) is 12.4. The van der Waals surface area contributed by atoms with Gasteiger partial charge in [-0.15, -0.1) is 0 Å². The predicted octanol–water partition coefficient (Wildman–Crippen LogP) is 0.596. The number of benzene rings is 1. The van der Waals surface area contributed by atoms with E-state index in [-0.39, 0.29) is 16.9 Å². The van der Waals surface area contributed by atoms with Crippen molar-refractivity contribution in [3.8, 4) is 6.07 Å². The van der Waals surface area contributed by atoms with Gasteiger partial charge in [-0.1, -0.05) is 6.92 Å². The van der Waals surface area contributed by atoms with Crippen LogP contribution >= 0.6 is 0 Å². The minimum Gasteiger partial charge on any atom is -0.360 e. The first-order valence-electron chi connectivity index (χ1n) is 6.61. The molecule has 1 rings (SSSR count). The third kappa shape index (κ3) is 5.90. The maximum atomic E-state index is 11.7. The lowest BCUT2D eigenvalue weighted by Crippen LogP contribution is -2.31. The molecule has 8 nitrogen and oxygen atoms in total. The molecule has 0 aliphatic heterocycles. The van der Waals surface area contributed by atoms with Crippen molar-refractivity contribution >= 4 is 27.5 Å². The molecule has 9 heteroatoms. The van der Waals surface area contributed by atoms with E-state index in [9.17, 15) is 18.0 Å². The Labute approximate surface area is 134 Å². The molecule has 0 aliphatic rings. The molecule has 0 spiro atoms. The van der Waals surface area contributed by atoms with Gasteiger partial charge in [-0.3, -0.25) is 14.9 Å². The normalized spacial score (nSPS) is 11.4. The van der Waals surface area contributed by atoms with E-state index in [1.807, 2.05) is 0 Å². The van der Waals surface area contributed by atoms with Gasteiger partial charge in [0.25, 0.3) is 5.91 Å². The molecule has 1 aromatic rings. The summed E-state index contributed by atoms with van der Waals surface area (Å²) >= 11 is 0. The van der Waals surface area contributed by atoms with Crippen molar-refractivity contribution < 1.29 is 18.0 Å². The number of rotatable bonds is 6. The highest BCUT2D eigenvalue weighted by Crippen LogP contribution is 2.13. The van der Waals surface area contributed by atoms with Gasteiger partial charge in [0.15, 0.2) is 0 Å². The third-order valence-corrected chi connectivity index (χ3v) is 3.59. The largest absolute Gasteiger partial charge is 0.360 e. The molecule has 0 aromatic heterocycles. The second-order valence-corrected chi connectivity index (χ2v) is 6.07. The number of anilines is 1. The molecule has 0 radical (unpaired) electrons. The summed E-state index contributed by atoms with van der Waals surface area (Å²) in [6.07, 6.45) is 1.90. The number of sulfonamides is 1. The number of nitrogens with one attached hydrogen (secondary N) is 2. The van der Waals surface area contributed by atoms with Crippen molar-refractivity contribution in [3.63, 3.8) is 0 Å². The molecule has 0 unspecified atom stereocenters. The average Bonchev–Trinajstić information content (AvgIpc) is 2.47. The second-order valence-electron chi connectivity index (χ2n) is 4.51. The SMILES string of the molecule is CCCC(=O)NC(=O)/C(C#N)=C/Nc1ccc(S(N)(=O)=O)cc1. The Balaban J connectivity index is 2.79. The zero-order chi connectivity index (χ0) is 17.5. The molecule has 0 fully saturated rings. The summed E-state index contributed by atoms with van der Waals surface area (Å²) in [7, 11) is -3.79. The molecule has 23 heavy (non-hydrogen) atoms. The molecule has 0 saturated heterocycles. The van der Waals surface area contributed by atoms with Crippen molar-refractivity contribution in [1.82, 2.24) is 5.32 Å². The summed E-state index contributed by atoms with van der Waals surface area (Å²) < 4.78 is 22.2. The van der Waals surface area contributed by atoms with Crippen LogP contribution < -0.4 is 15.8 Å². The molecule has 0 aliphatic carbocycles. The van der Waals surface area contributed by atoms with Gasteiger partial charge in [0.2, 0.25) is 15.9 Å². The smallest absolute Gasteiger partial charge is 0.269 e. The van der Waals surface area contributed by atoms with Crippen molar-refractivity contribution in [2.24, 2.45) is 5.14 Å². The van der Waals surface area contributed by atoms with E-state index in [0.29, 0.717) is 12.1 Å². The van der Waals surface area contributed by atoms with E-state index < -0.39 is 21.8 Å². The van der Waals surface area contributed by atoms with Crippen molar-refractivity contribution in [3.05, 3.63) is 36.0 Å². The maximum Gasteiger partial charge on any atom is 0.269 e. The molecule has 0 atom stereocenters. The Morgan fingerprint density at radius 2 is 1.91 bits per heavy atom. The molecule has 2 amide bonds. The van der Waals surface area contributed by atoms with Gasteiger partial charge in [-0.05, 0) is 30.7 Å². The quantitative estimate of drug-likeness (QED) is 0.513. The van der Waals surface area contributed by atoms with E-state index >= 15 is 0 Å². The molecule has 0 saturated carbocycles. The summed E-state index contributed by atoms with van der Waals surface area (Å²) in [5.74, 6) is -1.27. The lowest BCUT2D eigenvalue weighted by molar-refractivity contribution is -0.128. The minimum atomic E-state index is -3.79. The standard InChI is InChI=1S/C14H16N4O4S/c1-2-3-13(19)18-14(20)10(8-15)9-17-11-4-6-12(7-5-11)23(16,21)22/h4-7,9,17H,2-3H2,1H3,(H2,16,21,22)(H,18,19,20)/b10-9+. The number of amides is 2. The average molecular weight is 336 g/mol. The Kier molecular flexibility index (Phi) is 6.44. The Bertz CT molecular complexity index is 761. The first-order valence-corrected chi connectivity index (χ1v) is 8.16. The minimum absolute atomic E-state index is 0.0598. The van der Waals surface area contributed by atoms with E-state index in [0.717, 1.165) is 6.20 Å². The maximum absolute atomic E-state index is 11.7. The van der Waals surface area contributed by atoms with Crippen LogP contribution in [0, 0.1) is 11.3 Å². The van der Waals surface area contributed by atoms with Gasteiger partial charge in [-0.2, -0.15) is 5.26 Å². The number of hydrogen-bond acceptors (Lipinski definition) is 6. The predicted molar refractivity (Wildman–Crippen MR) is 83.2 cm³/mol. The highest BCUT2D eigenvalue weighted by atomic mass is 32.2. The number of nitriles is 1. The molecular weight excluding hydrogens is 320 g/mol. The number of primary sulfonamides is 1. The highest BCUT2D eigenvalue weighted by Gasteiger charge is 2.12. The second kappa shape index (κ2) is 8.07. The summed E-state index contributed by atoms with van der Waals surface area (Å²) in [6.45, 7) is 1.79. The van der Waals surface area contributed by atoms with Crippen LogP contribution in [0.4, 0.5) is 5.69 Å². The van der Waals surface area contributed by atoms with Gasteiger partial charge >= 0.3 is 0 Å². The molecule has 0 heterocycles. The van der Waals surface area contributed by atoms with Gasteiger partial charge in [-0.25, -0.2) is 13.6 Å². The van der Waals surface area contributed by atoms with Crippen LogP contribution in [-0.4, -0.2) is 20.2 Å². The fourth-order valence-corrected chi connectivity index (χ4v) is 2.04. The number of imide groups is 1. The summed E-state index contributed by atoms with van der Waals surface area (Å²) in [6, 6.07) is 7.08. The summed E-state index contributed by atoms with van der Waals surface area (Å²) in [5, 5.41) is 18.7. The number of hydrogen-bond donors (Lipinski definition) is 3. The van der Waals surface area contributed by atoms with E-state index in [1.54, 1.807) is 13.0 Å². The van der Waals surface area contributed by atoms with Crippen molar-refractivity contribution in [2.75, 3.05) is 5.32 Å². The van der Waals surface area contributed by atoms with Crippen LogP contribution in [0.2, 0.25) is 0 Å². The van der Waals surface area contributed by atoms with Crippen LogP contribution in [-0.2, 0) is 19.6 Å². The van der Waals surface area contributed by atoms with Crippen LogP contribution in [0.5, 0.6) is 0 Å². The monoisotopic (exact) mass is 336 g/mol. The highest BCUT2D eigenvalue weighted by molar-refractivity contribution is 7.89. The third-order valence-electron chi connectivity index (χ3n) is 2.66. The Morgan fingerprint density at radius 3 is 2.39 bits per heavy atom. The number of nitrogens with zero attached hydrogens (tertiary/aromatic N) is 1. The summed E-state index contributed by atoms with van der Waals surface area (Å²) in [4.78, 5) is 23.0. The molecule has 0 bridgehead atoms. The number of nitrogens with two attached hydrogens (primary N) is 1. The molecule has 1 aromatic carbocycles. The lowest BCUT2D eigenvalue weighted by atomic mass is 10.2. The first-order chi connectivity index (χ1) is 10.8. The van der Waals surface area contributed by atoms with Gasteiger partial charge in [0.05, 0.1) is 4.90 Å². The van der Waals surface area contributed by atoms with Crippen molar-refractivity contribution in [2.45, 2.75) is 24.7 Å². The van der Waals surface area contributed by atoms with Gasteiger partial charge in [0, 0.05) is 18.3 Å². The number of carbonyl (C=O) groups is 2.